The Labute approximate surface area is 232 Å². The zero-order valence-corrected chi connectivity index (χ0v) is 21.9. The van der Waals surface area contributed by atoms with Crippen LogP contribution in [-0.2, 0) is 20.9 Å². The smallest absolute Gasteiger partial charge is 0.325 e. The number of carbonyl (C=O) groups is 3. The lowest BCUT2D eigenvalue weighted by molar-refractivity contribution is -0.145. The van der Waals surface area contributed by atoms with Crippen LogP contribution in [0.1, 0.15) is 11.5 Å². The second-order valence-corrected chi connectivity index (χ2v) is 9.41. The highest BCUT2D eigenvalue weighted by Crippen LogP contribution is 2.43. The third kappa shape index (κ3) is 4.79. The quantitative estimate of drug-likeness (QED) is 0.271. The molecule has 2 N–H and O–H groups in total. The first-order valence-electron chi connectivity index (χ1n) is 12.8. The van der Waals surface area contributed by atoms with Gasteiger partial charge in [-0.15, -0.1) is 0 Å². The Morgan fingerprint density at radius 3 is 2.68 bits per heavy atom. The van der Waals surface area contributed by atoms with Crippen molar-refractivity contribution in [3.05, 3.63) is 48.4 Å². The molecule has 6 rings (SSSR count). The fourth-order valence-electron chi connectivity index (χ4n) is 5.06. The van der Waals surface area contributed by atoms with Crippen LogP contribution in [0.5, 0.6) is 5.75 Å². The van der Waals surface area contributed by atoms with Crippen molar-refractivity contribution in [3.8, 4) is 23.0 Å². The highest BCUT2D eigenvalue weighted by atomic mass is 16.5. The van der Waals surface area contributed by atoms with E-state index in [1.807, 2.05) is 11.0 Å². The first-order valence-corrected chi connectivity index (χ1v) is 12.8. The summed E-state index contributed by atoms with van der Waals surface area (Å²) in [5, 5.41) is 28.5. The van der Waals surface area contributed by atoms with Crippen molar-refractivity contribution in [2.24, 2.45) is 0 Å². The number of rotatable bonds is 8. The molecule has 210 valence electrons. The van der Waals surface area contributed by atoms with E-state index in [1.54, 1.807) is 24.4 Å². The number of anilines is 2. The summed E-state index contributed by atoms with van der Waals surface area (Å²) >= 11 is 0. The number of Topliss-reactive ketones (excluding diaryl/α,β-unsaturated/α-hetero) is 1. The number of aliphatic carboxylic acids is 1. The number of amides is 1. The lowest BCUT2D eigenvalue weighted by Gasteiger charge is -2.34. The lowest BCUT2D eigenvalue weighted by Crippen LogP contribution is -2.52. The summed E-state index contributed by atoms with van der Waals surface area (Å²) in [6.07, 6.45) is 4.67. The summed E-state index contributed by atoms with van der Waals surface area (Å²) in [6.45, 7) is 1.37. The molecule has 0 spiro atoms. The summed E-state index contributed by atoms with van der Waals surface area (Å²) in [5.41, 5.74) is 1.92. The van der Waals surface area contributed by atoms with E-state index in [0.717, 1.165) is 0 Å². The number of hydrogen-bond acceptors (Lipinski definition) is 12. The van der Waals surface area contributed by atoms with E-state index in [1.165, 1.54) is 33.8 Å². The fourth-order valence-corrected chi connectivity index (χ4v) is 5.06. The Morgan fingerprint density at radius 1 is 1.12 bits per heavy atom. The molecule has 1 unspecified atom stereocenters. The van der Waals surface area contributed by atoms with Gasteiger partial charge in [0.25, 0.3) is 11.9 Å². The van der Waals surface area contributed by atoms with Gasteiger partial charge < -0.3 is 25.0 Å². The van der Waals surface area contributed by atoms with E-state index >= 15 is 0 Å². The molecule has 0 aromatic carbocycles. The highest BCUT2D eigenvalue weighted by Gasteiger charge is 2.40. The van der Waals surface area contributed by atoms with Crippen molar-refractivity contribution in [2.75, 3.05) is 50.1 Å². The number of pyridine rings is 2. The molecule has 6 heterocycles. The Balaban J connectivity index is 1.18. The Hall–Kier alpha value is -5.41. The van der Waals surface area contributed by atoms with Gasteiger partial charge in [-0.3, -0.25) is 19.1 Å². The Morgan fingerprint density at radius 2 is 1.95 bits per heavy atom. The van der Waals surface area contributed by atoms with Gasteiger partial charge in [-0.25, -0.2) is 9.97 Å². The molecule has 1 amide bonds. The van der Waals surface area contributed by atoms with Crippen molar-refractivity contribution in [2.45, 2.75) is 12.5 Å². The van der Waals surface area contributed by atoms with Crippen LogP contribution in [0.25, 0.3) is 17.2 Å². The maximum Gasteiger partial charge on any atom is 0.325 e. The van der Waals surface area contributed by atoms with Crippen LogP contribution < -0.4 is 15.0 Å². The monoisotopic (exact) mass is 559 g/mol. The van der Waals surface area contributed by atoms with Crippen molar-refractivity contribution in [1.82, 2.24) is 44.9 Å². The van der Waals surface area contributed by atoms with Gasteiger partial charge in [-0.2, -0.15) is 9.78 Å². The summed E-state index contributed by atoms with van der Waals surface area (Å²) < 4.78 is 8.32. The minimum atomic E-state index is -1.03. The van der Waals surface area contributed by atoms with Gasteiger partial charge in [0.05, 0.1) is 24.9 Å². The van der Waals surface area contributed by atoms with Gasteiger partial charge in [0, 0.05) is 50.7 Å². The van der Waals surface area contributed by atoms with Gasteiger partial charge in [-0.1, -0.05) is 11.2 Å². The zero-order chi connectivity index (χ0) is 28.5. The molecule has 41 heavy (non-hydrogen) atoms. The average Bonchev–Trinajstić information content (AvgIpc) is 3.76. The first-order chi connectivity index (χ1) is 19.9. The standard InChI is InChI=1S/C25H25N11O5/c1-41-17-13-28-21(16-5-7-35(30-16)14-19(37)38)22-20(17)15(12-27-22)23(39)24(40)33-8-10-34(11-9-33)25-29-31-32-36(25)18-4-2-3-6-26-18/h2-7,13,15,27H,8-12,14H2,1H3,(H,37,38). The van der Waals surface area contributed by atoms with Crippen LogP contribution in [0.2, 0.25) is 0 Å². The normalized spacial score (nSPS) is 16.3. The number of hydrogen-bond donors (Lipinski definition) is 2. The fraction of sp³-hybridized carbons (Fsp3) is 0.320. The summed E-state index contributed by atoms with van der Waals surface area (Å²) in [4.78, 5) is 50.2. The van der Waals surface area contributed by atoms with Crippen molar-refractivity contribution in [3.63, 3.8) is 0 Å². The van der Waals surface area contributed by atoms with Crippen LogP contribution in [-0.4, -0.2) is 107 Å². The number of tetrazole rings is 1. The van der Waals surface area contributed by atoms with Crippen molar-refractivity contribution >= 4 is 29.3 Å². The van der Waals surface area contributed by atoms with Crippen LogP contribution in [0.15, 0.2) is 42.9 Å². The van der Waals surface area contributed by atoms with E-state index < -0.39 is 23.6 Å². The average molecular weight is 560 g/mol. The molecule has 16 nitrogen and oxygen atoms in total. The molecule has 0 saturated carbocycles. The first kappa shape index (κ1) is 25.8. The molecule has 1 atom stereocenters. The lowest BCUT2D eigenvalue weighted by atomic mass is 9.94. The SMILES string of the molecule is COc1cnc(-c2ccn(CC(=O)O)n2)c2c1C(C(=O)C(=O)N1CCN(c3nnnn3-c3ccccn3)CC1)CN2. The number of carboxylic acids is 1. The number of piperazine rings is 1. The number of methoxy groups -OCH3 is 1. The minimum absolute atomic E-state index is 0.184. The highest BCUT2D eigenvalue weighted by molar-refractivity contribution is 6.38. The number of fused-ring (bicyclic) bond motifs is 1. The Kier molecular flexibility index (Phi) is 6.70. The molecule has 1 fully saturated rings. The molecular weight excluding hydrogens is 534 g/mol. The molecule has 4 aromatic rings. The van der Waals surface area contributed by atoms with E-state index in [0.29, 0.717) is 66.3 Å². The third-order valence-electron chi connectivity index (χ3n) is 7.01. The second kappa shape index (κ2) is 10.6. The predicted molar refractivity (Wildman–Crippen MR) is 142 cm³/mol. The van der Waals surface area contributed by atoms with E-state index in [4.69, 9.17) is 9.84 Å². The molecule has 16 heteroatoms. The number of nitrogens with one attached hydrogen (secondary N) is 1. The molecule has 2 aliphatic heterocycles. The number of ketones is 1. The minimum Gasteiger partial charge on any atom is -0.495 e. The maximum atomic E-state index is 13.5. The van der Waals surface area contributed by atoms with Gasteiger partial charge in [-0.05, 0) is 28.6 Å². The van der Waals surface area contributed by atoms with Gasteiger partial charge >= 0.3 is 5.97 Å². The summed E-state index contributed by atoms with van der Waals surface area (Å²) in [6, 6.07) is 7.08. The molecular formula is C25H25N11O5. The molecule has 1 saturated heterocycles. The summed E-state index contributed by atoms with van der Waals surface area (Å²) in [5.74, 6) is -1.51. The largest absolute Gasteiger partial charge is 0.495 e. The van der Waals surface area contributed by atoms with E-state index in [2.05, 4.69) is 35.9 Å². The van der Waals surface area contributed by atoms with Gasteiger partial charge in [0.1, 0.15) is 23.7 Å². The Bertz CT molecular complexity index is 1610. The molecule has 2 aliphatic rings. The van der Waals surface area contributed by atoms with Crippen LogP contribution in [0, 0.1) is 0 Å². The molecule has 4 aromatic heterocycles. The van der Waals surface area contributed by atoms with Crippen molar-refractivity contribution in [1.29, 1.82) is 0 Å². The topological polar surface area (TPSA) is 186 Å². The number of nitrogens with zero attached hydrogens (tertiary/aromatic N) is 10. The number of carboxylic acid groups (broad SMARTS) is 1. The van der Waals surface area contributed by atoms with Crippen molar-refractivity contribution < 1.29 is 24.2 Å². The van der Waals surface area contributed by atoms with Gasteiger partial charge in [0.15, 0.2) is 5.82 Å². The zero-order valence-electron chi connectivity index (χ0n) is 21.9. The molecule has 0 radical (unpaired) electrons. The molecule has 0 bridgehead atoms. The van der Waals surface area contributed by atoms with Crippen LogP contribution >= 0.6 is 0 Å². The maximum absolute atomic E-state index is 13.5. The van der Waals surface area contributed by atoms with E-state index in [-0.39, 0.29) is 13.1 Å². The number of carbonyl (C=O) groups excluding carboxylic acids is 2. The summed E-state index contributed by atoms with van der Waals surface area (Å²) in [7, 11) is 1.47. The predicted octanol–water partition coefficient (Wildman–Crippen LogP) is -0.164. The third-order valence-corrected chi connectivity index (χ3v) is 7.01. The van der Waals surface area contributed by atoms with Crippen LogP contribution in [0.3, 0.4) is 0 Å². The molecule has 0 aliphatic carbocycles. The van der Waals surface area contributed by atoms with Gasteiger partial charge in [0.2, 0.25) is 5.78 Å². The number of aromatic nitrogens is 8. The van der Waals surface area contributed by atoms with Crippen LogP contribution in [0.4, 0.5) is 11.6 Å². The second-order valence-electron chi connectivity index (χ2n) is 9.41. The van der Waals surface area contributed by atoms with E-state index in [9.17, 15) is 14.4 Å². The number of ether oxygens (including phenoxy) is 1.